The fourth-order valence-electron chi connectivity index (χ4n) is 2.85. The highest BCUT2D eigenvalue weighted by atomic mass is 35.5. The molecule has 0 saturated carbocycles. The number of anilines is 1. The van der Waals surface area contributed by atoms with E-state index in [0.29, 0.717) is 10.6 Å². The highest BCUT2D eigenvalue weighted by molar-refractivity contribution is 6.30. The van der Waals surface area contributed by atoms with Crippen LogP contribution in [0.15, 0.2) is 66.7 Å². The number of ether oxygens (including phenoxy) is 1. The molecule has 0 aliphatic rings. The molecular formula is C24H21ClN2O4. The summed E-state index contributed by atoms with van der Waals surface area (Å²) < 4.78 is 5.26. The summed E-state index contributed by atoms with van der Waals surface area (Å²) in [6.45, 7) is 0.0500. The lowest BCUT2D eigenvalue weighted by molar-refractivity contribution is -0.385. The predicted octanol–water partition coefficient (Wildman–Crippen LogP) is 5.84. The second kappa shape index (κ2) is 9.91. The Kier molecular flexibility index (Phi) is 7.05. The van der Waals surface area contributed by atoms with Crippen molar-refractivity contribution in [3.05, 3.63) is 104 Å². The Morgan fingerprint density at radius 1 is 1.03 bits per heavy atom. The number of benzene rings is 3. The molecule has 3 aromatic carbocycles. The molecule has 0 atom stereocenters. The second-order valence-corrected chi connectivity index (χ2v) is 7.49. The molecule has 0 aliphatic carbocycles. The average molecular weight is 437 g/mol. The number of carbonyl (C=O) groups is 1. The predicted molar refractivity (Wildman–Crippen MR) is 123 cm³/mol. The van der Waals surface area contributed by atoms with Crippen molar-refractivity contribution >= 4 is 41.1 Å². The zero-order valence-corrected chi connectivity index (χ0v) is 17.9. The molecule has 0 heterocycles. The molecular weight excluding hydrogens is 416 g/mol. The van der Waals surface area contributed by atoms with Crippen LogP contribution in [0.4, 0.5) is 11.4 Å². The highest BCUT2D eigenvalue weighted by Gasteiger charge is 2.17. The number of halogens is 1. The Morgan fingerprint density at radius 3 is 2.32 bits per heavy atom. The summed E-state index contributed by atoms with van der Waals surface area (Å²) in [6, 6.07) is 19.0. The van der Waals surface area contributed by atoms with E-state index in [1.807, 2.05) is 43.3 Å². The van der Waals surface area contributed by atoms with Crippen molar-refractivity contribution in [2.75, 3.05) is 19.0 Å². The minimum atomic E-state index is -0.632. The van der Waals surface area contributed by atoms with Crippen molar-refractivity contribution in [3.63, 3.8) is 0 Å². The second-order valence-electron chi connectivity index (χ2n) is 7.05. The first kappa shape index (κ1) is 22.1. The molecule has 6 nitrogen and oxygen atoms in total. The zero-order chi connectivity index (χ0) is 22.4. The van der Waals surface area contributed by atoms with Gasteiger partial charge in [-0.1, -0.05) is 41.9 Å². The monoisotopic (exact) mass is 436 g/mol. The van der Waals surface area contributed by atoms with E-state index in [4.69, 9.17) is 16.3 Å². The molecule has 0 fully saturated rings. The lowest BCUT2D eigenvalue weighted by Crippen LogP contribution is -2.07. The van der Waals surface area contributed by atoms with Gasteiger partial charge in [0, 0.05) is 30.9 Å². The number of esters is 1. The van der Waals surface area contributed by atoms with Crippen LogP contribution in [-0.4, -0.2) is 25.0 Å². The van der Waals surface area contributed by atoms with Crippen LogP contribution >= 0.6 is 11.6 Å². The van der Waals surface area contributed by atoms with Crippen LogP contribution in [0.2, 0.25) is 5.02 Å². The largest absolute Gasteiger partial charge is 0.457 e. The Labute approximate surface area is 185 Å². The molecule has 0 amide bonds. The topological polar surface area (TPSA) is 72.7 Å². The summed E-state index contributed by atoms with van der Waals surface area (Å²) in [7, 11) is 3.91. The number of rotatable bonds is 7. The Balaban J connectivity index is 1.74. The number of hydrogen-bond donors (Lipinski definition) is 0. The SMILES string of the molecule is CN(C)c1ccc(/C=C/c2ccc(C(=O)OCc3ccc(Cl)cc3)cc2[N+](=O)[O-])cc1. The third-order valence-corrected chi connectivity index (χ3v) is 4.86. The van der Waals surface area contributed by atoms with Gasteiger partial charge in [-0.3, -0.25) is 10.1 Å². The molecule has 7 heteroatoms. The van der Waals surface area contributed by atoms with E-state index in [9.17, 15) is 14.9 Å². The van der Waals surface area contributed by atoms with Gasteiger partial charge in [0.2, 0.25) is 0 Å². The van der Waals surface area contributed by atoms with Crippen molar-refractivity contribution in [2.45, 2.75) is 6.61 Å². The number of hydrogen-bond acceptors (Lipinski definition) is 5. The normalized spacial score (nSPS) is 10.8. The zero-order valence-electron chi connectivity index (χ0n) is 17.1. The molecule has 3 rings (SSSR count). The van der Waals surface area contributed by atoms with Crippen LogP contribution in [0.3, 0.4) is 0 Å². The minimum absolute atomic E-state index is 0.0500. The number of nitro groups is 1. The van der Waals surface area contributed by atoms with E-state index in [1.54, 1.807) is 42.5 Å². The summed E-state index contributed by atoms with van der Waals surface area (Å²) in [5.74, 6) is -0.632. The third kappa shape index (κ3) is 5.93. The Morgan fingerprint density at radius 2 is 1.71 bits per heavy atom. The Hall–Kier alpha value is -3.64. The first-order chi connectivity index (χ1) is 14.8. The van der Waals surface area contributed by atoms with E-state index in [-0.39, 0.29) is 17.9 Å². The molecule has 0 radical (unpaired) electrons. The maximum Gasteiger partial charge on any atom is 0.338 e. The summed E-state index contributed by atoms with van der Waals surface area (Å²) in [5.41, 5.74) is 3.09. The van der Waals surface area contributed by atoms with Gasteiger partial charge in [-0.2, -0.15) is 0 Å². The van der Waals surface area contributed by atoms with Crippen LogP contribution in [0.1, 0.15) is 27.0 Å². The molecule has 0 saturated heterocycles. The lowest BCUT2D eigenvalue weighted by atomic mass is 10.1. The van der Waals surface area contributed by atoms with Gasteiger partial charge in [0.05, 0.1) is 16.1 Å². The summed E-state index contributed by atoms with van der Waals surface area (Å²) in [6.07, 6.45) is 3.45. The lowest BCUT2D eigenvalue weighted by Gasteiger charge is -2.11. The van der Waals surface area contributed by atoms with Gasteiger partial charge in [0.25, 0.3) is 5.69 Å². The fraction of sp³-hybridized carbons (Fsp3) is 0.125. The highest BCUT2D eigenvalue weighted by Crippen LogP contribution is 2.24. The van der Waals surface area contributed by atoms with E-state index in [0.717, 1.165) is 16.8 Å². The standard InChI is InChI=1S/C24H21ClN2O4/c1-26(2)22-13-6-17(7-14-22)3-8-19-9-10-20(15-23(19)27(29)30)24(28)31-16-18-4-11-21(25)12-5-18/h3-15H,16H2,1-2H3/b8-3+. The fourth-order valence-corrected chi connectivity index (χ4v) is 2.98. The van der Waals surface area contributed by atoms with Crippen LogP contribution in [0.5, 0.6) is 0 Å². The van der Waals surface area contributed by atoms with Crippen molar-refractivity contribution < 1.29 is 14.5 Å². The first-order valence-corrected chi connectivity index (χ1v) is 9.87. The minimum Gasteiger partial charge on any atom is -0.457 e. The van der Waals surface area contributed by atoms with Crippen molar-refractivity contribution in [1.82, 2.24) is 0 Å². The molecule has 31 heavy (non-hydrogen) atoms. The molecule has 0 N–H and O–H groups in total. The van der Waals surface area contributed by atoms with Crippen molar-refractivity contribution in [3.8, 4) is 0 Å². The number of carbonyl (C=O) groups excluding carboxylic acids is 1. The molecule has 0 aliphatic heterocycles. The van der Waals surface area contributed by atoms with Gasteiger partial charge in [0.15, 0.2) is 0 Å². The van der Waals surface area contributed by atoms with Gasteiger partial charge >= 0.3 is 5.97 Å². The first-order valence-electron chi connectivity index (χ1n) is 9.49. The van der Waals surface area contributed by atoms with E-state index >= 15 is 0 Å². The van der Waals surface area contributed by atoms with Gasteiger partial charge in [-0.15, -0.1) is 0 Å². The Bertz CT molecular complexity index is 1110. The molecule has 3 aromatic rings. The molecule has 158 valence electrons. The van der Waals surface area contributed by atoms with E-state index < -0.39 is 10.9 Å². The van der Waals surface area contributed by atoms with Crippen LogP contribution in [-0.2, 0) is 11.3 Å². The summed E-state index contributed by atoms with van der Waals surface area (Å²) in [4.78, 5) is 25.4. The van der Waals surface area contributed by atoms with E-state index in [2.05, 4.69) is 0 Å². The number of nitrogens with zero attached hydrogens (tertiary/aromatic N) is 2. The molecule has 0 bridgehead atoms. The van der Waals surface area contributed by atoms with E-state index in [1.165, 1.54) is 12.1 Å². The third-order valence-electron chi connectivity index (χ3n) is 4.61. The average Bonchev–Trinajstić information content (AvgIpc) is 2.77. The maximum atomic E-state index is 12.3. The smallest absolute Gasteiger partial charge is 0.338 e. The molecule has 0 unspecified atom stereocenters. The van der Waals surface area contributed by atoms with Crippen LogP contribution in [0.25, 0.3) is 12.2 Å². The van der Waals surface area contributed by atoms with Gasteiger partial charge < -0.3 is 9.64 Å². The summed E-state index contributed by atoms with van der Waals surface area (Å²) >= 11 is 5.84. The maximum absolute atomic E-state index is 12.3. The molecule has 0 spiro atoms. The number of nitro benzene ring substituents is 1. The van der Waals surface area contributed by atoms with Gasteiger partial charge in [-0.25, -0.2) is 4.79 Å². The van der Waals surface area contributed by atoms with Gasteiger partial charge in [0.1, 0.15) is 6.61 Å². The van der Waals surface area contributed by atoms with Crippen molar-refractivity contribution in [2.24, 2.45) is 0 Å². The summed E-state index contributed by atoms with van der Waals surface area (Å²) in [5, 5.41) is 12.1. The van der Waals surface area contributed by atoms with Gasteiger partial charge in [-0.05, 0) is 53.6 Å². The quantitative estimate of drug-likeness (QED) is 0.201. The van der Waals surface area contributed by atoms with Crippen molar-refractivity contribution in [1.29, 1.82) is 0 Å². The van der Waals surface area contributed by atoms with Crippen LogP contribution < -0.4 is 4.90 Å². The molecule has 0 aromatic heterocycles. The van der Waals surface area contributed by atoms with Crippen LogP contribution in [0, 0.1) is 10.1 Å².